The van der Waals surface area contributed by atoms with Gasteiger partial charge in [0.15, 0.2) is 0 Å². The van der Waals surface area contributed by atoms with Crippen molar-refractivity contribution in [2.24, 2.45) is 0 Å². The van der Waals surface area contributed by atoms with Gasteiger partial charge in [0.05, 0.1) is 5.57 Å². The Morgan fingerprint density at radius 1 is 1.11 bits per heavy atom. The van der Waals surface area contributed by atoms with Crippen molar-refractivity contribution in [3.63, 3.8) is 0 Å². The summed E-state index contributed by atoms with van der Waals surface area (Å²) in [7, 11) is 0. The number of carbonyl (C=O) groups excluding carboxylic acids is 1. The van der Waals surface area contributed by atoms with Crippen LogP contribution in [0.4, 0.5) is 11.6 Å². The first-order valence-corrected chi connectivity index (χ1v) is 12.4. The molecule has 0 radical (unpaired) electrons. The molecule has 2 N–H and O–H groups in total. The highest BCUT2D eigenvalue weighted by Gasteiger charge is 2.34. The highest BCUT2D eigenvalue weighted by Crippen LogP contribution is 2.37. The van der Waals surface area contributed by atoms with E-state index in [0.717, 1.165) is 22.4 Å². The molecule has 0 spiro atoms. The van der Waals surface area contributed by atoms with Crippen molar-refractivity contribution in [2.75, 3.05) is 10.6 Å². The van der Waals surface area contributed by atoms with Crippen molar-refractivity contribution in [1.29, 1.82) is 0 Å². The molecule has 2 aromatic carbocycles. The summed E-state index contributed by atoms with van der Waals surface area (Å²) in [5.41, 5.74) is 4.88. The van der Waals surface area contributed by atoms with Crippen molar-refractivity contribution in [1.82, 2.24) is 19.7 Å². The fourth-order valence-corrected chi connectivity index (χ4v) is 5.11. The molecule has 9 heteroatoms. The number of pyridine rings is 1. The van der Waals surface area contributed by atoms with E-state index in [1.54, 1.807) is 17.1 Å². The predicted octanol–water partition coefficient (Wildman–Crippen LogP) is 5.85. The molecule has 1 atom stereocenters. The number of nitrogens with one attached hydrogen (secondary N) is 2. The molecule has 1 amide bonds. The van der Waals surface area contributed by atoms with Crippen LogP contribution in [0.15, 0.2) is 89.5 Å². The van der Waals surface area contributed by atoms with Gasteiger partial charge in [-0.2, -0.15) is 4.98 Å². The van der Waals surface area contributed by atoms with Gasteiger partial charge in [-0.3, -0.25) is 9.78 Å². The molecule has 0 saturated carbocycles. The van der Waals surface area contributed by atoms with E-state index in [2.05, 4.69) is 20.6 Å². The minimum absolute atomic E-state index is 0.204. The third-order valence-electron chi connectivity index (χ3n) is 5.79. The Bertz CT molecular complexity index is 1420. The van der Waals surface area contributed by atoms with Crippen molar-refractivity contribution >= 4 is 40.9 Å². The molecule has 0 fully saturated rings. The van der Waals surface area contributed by atoms with E-state index in [9.17, 15) is 4.79 Å². The number of rotatable bonds is 6. The summed E-state index contributed by atoms with van der Waals surface area (Å²) in [5.74, 6) is 1.00. The second-order valence-corrected chi connectivity index (χ2v) is 9.51. The number of nitrogens with zero attached hydrogens (tertiary/aromatic N) is 4. The molecular formula is C26H23ClN6OS. The second kappa shape index (κ2) is 9.93. The zero-order valence-electron chi connectivity index (χ0n) is 19.2. The first-order valence-electron chi connectivity index (χ1n) is 11.1. The van der Waals surface area contributed by atoms with Crippen LogP contribution < -0.4 is 10.6 Å². The number of halogens is 1. The van der Waals surface area contributed by atoms with Crippen molar-refractivity contribution in [3.8, 4) is 0 Å². The zero-order chi connectivity index (χ0) is 24.4. The molecule has 2 aromatic heterocycles. The van der Waals surface area contributed by atoms with Gasteiger partial charge in [0.1, 0.15) is 6.04 Å². The normalized spacial score (nSPS) is 14.9. The maximum absolute atomic E-state index is 13.6. The summed E-state index contributed by atoms with van der Waals surface area (Å²) >= 11 is 7.81. The van der Waals surface area contributed by atoms with Gasteiger partial charge >= 0.3 is 0 Å². The van der Waals surface area contributed by atoms with E-state index in [1.807, 2.05) is 74.5 Å². The Kier molecular flexibility index (Phi) is 6.57. The van der Waals surface area contributed by atoms with E-state index in [-0.39, 0.29) is 5.91 Å². The van der Waals surface area contributed by atoms with Crippen LogP contribution in [-0.4, -0.2) is 25.7 Å². The molecule has 1 aliphatic heterocycles. The molecule has 4 aromatic rings. The standard InChI is InChI=1S/C26H23ClN6OS/c1-16-8-3-6-12-21(16)30-24(34)22-17(2)29-25-31-26(35-15-19-9-4-5-11-20(19)27)32-33(25)23(22)18-10-7-13-28-14-18/h3-14,23H,15H2,1-2H3,(H,30,34)(H,29,31,32). The van der Waals surface area contributed by atoms with Crippen LogP contribution >= 0.6 is 23.4 Å². The predicted molar refractivity (Wildman–Crippen MR) is 140 cm³/mol. The van der Waals surface area contributed by atoms with Gasteiger partial charge in [-0.05, 0) is 48.7 Å². The van der Waals surface area contributed by atoms with Crippen molar-refractivity contribution < 1.29 is 4.79 Å². The smallest absolute Gasteiger partial charge is 0.255 e. The van der Waals surface area contributed by atoms with Gasteiger partial charge in [-0.15, -0.1) is 5.10 Å². The van der Waals surface area contributed by atoms with Gasteiger partial charge in [-0.1, -0.05) is 65.8 Å². The molecule has 7 nitrogen and oxygen atoms in total. The van der Waals surface area contributed by atoms with Crippen molar-refractivity contribution in [3.05, 3.63) is 106 Å². The number of benzene rings is 2. The molecule has 0 bridgehead atoms. The van der Waals surface area contributed by atoms with Crippen molar-refractivity contribution in [2.45, 2.75) is 30.8 Å². The maximum atomic E-state index is 13.6. The average molecular weight is 503 g/mol. The lowest BCUT2D eigenvalue weighted by Gasteiger charge is -2.28. The van der Waals surface area contributed by atoms with Crippen LogP contribution in [0.3, 0.4) is 0 Å². The summed E-state index contributed by atoms with van der Waals surface area (Å²) < 4.78 is 1.76. The number of hydrogen-bond acceptors (Lipinski definition) is 6. The van der Waals surface area contributed by atoms with Gasteiger partial charge in [-0.25, -0.2) is 4.68 Å². The Hall–Kier alpha value is -3.62. The van der Waals surface area contributed by atoms with E-state index >= 15 is 0 Å². The topological polar surface area (TPSA) is 84.7 Å². The van der Waals surface area contributed by atoms with Gasteiger partial charge < -0.3 is 10.6 Å². The molecule has 1 unspecified atom stereocenters. The number of allylic oxidation sites excluding steroid dienone is 1. The van der Waals surface area contributed by atoms with E-state index in [4.69, 9.17) is 16.7 Å². The van der Waals surface area contributed by atoms with Gasteiger partial charge in [0.25, 0.3) is 5.91 Å². The number of thioether (sulfide) groups is 1. The van der Waals surface area contributed by atoms with Gasteiger partial charge in [0.2, 0.25) is 11.1 Å². The molecule has 0 saturated heterocycles. The molecule has 5 rings (SSSR count). The zero-order valence-corrected chi connectivity index (χ0v) is 20.8. The molecular weight excluding hydrogens is 480 g/mol. The lowest BCUT2D eigenvalue weighted by atomic mass is 9.96. The summed E-state index contributed by atoms with van der Waals surface area (Å²) in [6, 6.07) is 18.7. The highest BCUT2D eigenvalue weighted by molar-refractivity contribution is 7.98. The third-order valence-corrected chi connectivity index (χ3v) is 7.04. The Balaban J connectivity index is 1.49. The Morgan fingerprint density at radius 2 is 1.91 bits per heavy atom. The van der Waals surface area contributed by atoms with Crippen LogP contribution in [0.1, 0.15) is 29.7 Å². The minimum atomic E-state index is -0.480. The Morgan fingerprint density at radius 3 is 2.69 bits per heavy atom. The minimum Gasteiger partial charge on any atom is -0.328 e. The molecule has 1 aliphatic rings. The van der Waals surface area contributed by atoms with Gasteiger partial charge in [0, 0.05) is 34.6 Å². The summed E-state index contributed by atoms with van der Waals surface area (Å²) in [4.78, 5) is 22.5. The monoisotopic (exact) mass is 502 g/mol. The lowest BCUT2D eigenvalue weighted by molar-refractivity contribution is -0.113. The number of para-hydroxylation sites is 1. The molecule has 176 valence electrons. The SMILES string of the molecule is CC1=C(C(=O)Nc2ccccc2C)C(c2cccnc2)n2nc(SCc3ccccc3Cl)nc2N1. The molecule has 35 heavy (non-hydrogen) atoms. The fraction of sp³-hybridized carbons (Fsp3) is 0.154. The highest BCUT2D eigenvalue weighted by atomic mass is 35.5. The summed E-state index contributed by atoms with van der Waals surface area (Å²) in [6.45, 7) is 3.84. The van der Waals surface area contributed by atoms with Crippen LogP contribution in [0, 0.1) is 6.92 Å². The summed E-state index contributed by atoms with van der Waals surface area (Å²) in [5, 5.41) is 12.4. The van der Waals surface area contributed by atoms with E-state index < -0.39 is 6.04 Å². The van der Waals surface area contributed by atoms with Crippen LogP contribution in [0.2, 0.25) is 5.02 Å². The first kappa shape index (κ1) is 23.1. The van der Waals surface area contributed by atoms with Crippen LogP contribution in [-0.2, 0) is 10.5 Å². The van der Waals surface area contributed by atoms with E-state index in [0.29, 0.717) is 33.2 Å². The number of amides is 1. The number of anilines is 2. The lowest BCUT2D eigenvalue weighted by Crippen LogP contribution is -2.31. The number of hydrogen-bond donors (Lipinski definition) is 2. The quantitative estimate of drug-likeness (QED) is 0.321. The molecule has 0 aliphatic carbocycles. The second-order valence-electron chi connectivity index (χ2n) is 8.16. The fourth-order valence-electron chi connectivity index (χ4n) is 3.99. The Labute approximate surface area is 212 Å². The first-order chi connectivity index (χ1) is 17.0. The van der Waals surface area contributed by atoms with Crippen LogP contribution in [0.25, 0.3) is 0 Å². The number of aryl methyl sites for hydroxylation is 1. The van der Waals surface area contributed by atoms with E-state index in [1.165, 1.54) is 11.8 Å². The van der Waals surface area contributed by atoms with Crippen LogP contribution in [0.5, 0.6) is 0 Å². The molecule has 3 heterocycles. The third kappa shape index (κ3) is 4.80. The largest absolute Gasteiger partial charge is 0.328 e. The number of carbonyl (C=O) groups is 1. The maximum Gasteiger partial charge on any atom is 0.255 e. The summed E-state index contributed by atoms with van der Waals surface area (Å²) in [6.07, 6.45) is 3.47. The number of fused-ring (bicyclic) bond motifs is 1. The average Bonchev–Trinajstić information content (AvgIpc) is 3.27. The number of aromatic nitrogens is 4.